The number of furan rings is 2. The van der Waals surface area contributed by atoms with Gasteiger partial charge in [0, 0.05) is 32.3 Å². The van der Waals surface area contributed by atoms with E-state index in [1.54, 1.807) is 0 Å². The first-order valence-electron chi connectivity index (χ1n) is 18.5. The second kappa shape index (κ2) is 11.2. The van der Waals surface area contributed by atoms with E-state index >= 15 is 0 Å². The van der Waals surface area contributed by atoms with Crippen LogP contribution in [-0.4, -0.2) is 0 Å². The monoisotopic (exact) mass is 686 g/mol. The Balaban J connectivity index is 1.26. The van der Waals surface area contributed by atoms with Crippen LogP contribution in [0.25, 0.3) is 120 Å². The van der Waals surface area contributed by atoms with Crippen LogP contribution in [0.15, 0.2) is 191 Å². The average molecular weight is 687 g/mol. The van der Waals surface area contributed by atoms with Crippen molar-refractivity contribution in [2.45, 2.75) is 0 Å². The van der Waals surface area contributed by atoms with Gasteiger partial charge in [-0.15, -0.1) is 0 Å². The molecule has 2 nitrogen and oxygen atoms in total. The number of hydrogen-bond donors (Lipinski definition) is 0. The van der Waals surface area contributed by atoms with Gasteiger partial charge in [-0.1, -0.05) is 152 Å². The lowest BCUT2D eigenvalue weighted by Crippen LogP contribution is -1.91. The molecule has 12 rings (SSSR count). The predicted octanol–water partition coefficient (Wildman–Crippen LogP) is 15.1. The summed E-state index contributed by atoms with van der Waals surface area (Å²) in [5, 5.41) is 13.9. The zero-order valence-electron chi connectivity index (χ0n) is 29.1. The van der Waals surface area contributed by atoms with Gasteiger partial charge in [0.05, 0.1) is 0 Å². The second-order valence-corrected chi connectivity index (χ2v) is 14.3. The summed E-state index contributed by atoms with van der Waals surface area (Å²) < 4.78 is 13.3. The van der Waals surface area contributed by atoms with E-state index in [0.29, 0.717) is 0 Å². The van der Waals surface area contributed by atoms with Crippen LogP contribution in [0.1, 0.15) is 0 Å². The Bertz CT molecular complexity index is 3280. The third-order valence-electron chi connectivity index (χ3n) is 11.4. The SMILES string of the molecule is c1ccc(-c2c3cccc(-c4cc5ccccc5c5oc6ccccc6c45)c3cc3c(-c4cc5ccccc5c5oc6ccccc6c45)cccc23)cc1. The molecule has 0 spiro atoms. The fourth-order valence-electron chi connectivity index (χ4n) is 9.10. The summed E-state index contributed by atoms with van der Waals surface area (Å²) in [6.07, 6.45) is 0. The summed E-state index contributed by atoms with van der Waals surface area (Å²) >= 11 is 0. The molecule has 0 bridgehead atoms. The zero-order chi connectivity index (χ0) is 35.3. The van der Waals surface area contributed by atoms with E-state index in [1.807, 2.05) is 0 Å². The Morgan fingerprint density at radius 2 is 0.704 bits per heavy atom. The first kappa shape index (κ1) is 29.4. The molecule has 0 fully saturated rings. The molecule has 0 unspecified atom stereocenters. The number of fused-ring (bicyclic) bond motifs is 12. The summed E-state index contributed by atoms with van der Waals surface area (Å²) in [7, 11) is 0. The number of hydrogen-bond acceptors (Lipinski definition) is 2. The van der Waals surface area contributed by atoms with Gasteiger partial charge in [-0.2, -0.15) is 0 Å². The van der Waals surface area contributed by atoms with E-state index in [9.17, 15) is 0 Å². The van der Waals surface area contributed by atoms with Crippen LogP contribution in [0.4, 0.5) is 0 Å². The molecule has 0 aliphatic carbocycles. The molecule has 0 amide bonds. The number of rotatable bonds is 3. The lowest BCUT2D eigenvalue weighted by molar-refractivity contribution is 0.672. The van der Waals surface area contributed by atoms with Crippen molar-refractivity contribution in [3.05, 3.63) is 182 Å². The standard InChI is InChI=1S/C52H30O2/c1-2-14-31(15-3-1)48-38-24-12-22-36(44-28-32-16-4-6-18-34(32)51-49(44)40-20-8-10-26-46(40)53-51)42(38)30-43-37(23-13-25-39(43)48)45-29-33-17-5-7-19-35(33)52-50(45)41-21-9-11-27-47(41)54-52/h1-30H. The van der Waals surface area contributed by atoms with Crippen molar-refractivity contribution in [1.82, 2.24) is 0 Å². The Hall–Kier alpha value is -7.16. The van der Waals surface area contributed by atoms with Gasteiger partial charge in [0.2, 0.25) is 0 Å². The molecular weight excluding hydrogens is 657 g/mol. The first-order chi connectivity index (χ1) is 26.8. The smallest absolute Gasteiger partial charge is 0.143 e. The van der Waals surface area contributed by atoms with Crippen LogP contribution in [0.3, 0.4) is 0 Å². The fourth-order valence-corrected chi connectivity index (χ4v) is 9.10. The average Bonchev–Trinajstić information content (AvgIpc) is 3.82. The quantitative estimate of drug-likeness (QED) is 0.173. The van der Waals surface area contributed by atoms with Crippen LogP contribution in [-0.2, 0) is 0 Å². The Morgan fingerprint density at radius 1 is 0.278 bits per heavy atom. The maximum absolute atomic E-state index is 6.67. The second-order valence-electron chi connectivity index (χ2n) is 14.3. The number of benzene rings is 10. The van der Waals surface area contributed by atoms with Crippen molar-refractivity contribution >= 4 is 87.0 Å². The fraction of sp³-hybridized carbons (Fsp3) is 0. The highest BCUT2D eigenvalue weighted by Gasteiger charge is 2.22. The normalized spacial score (nSPS) is 12.1. The van der Waals surface area contributed by atoms with E-state index in [2.05, 4.69) is 182 Å². The van der Waals surface area contributed by atoms with Crippen molar-refractivity contribution in [3.63, 3.8) is 0 Å². The molecule has 0 radical (unpaired) electrons. The molecule has 0 atom stereocenters. The van der Waals surface area contributed by atoms with Crippen molar-refractivity contribution in [1.29, 1.82) is 0 Å². The third-order valence-corrected chi connectivity index (χ3v) is 11.4. The van der Waals surface area contributed by atoms with Crippen molar-refractivity contribution in [3.8, 4) is 33.4 Å². The Kier molecular flexibility index (Phi) is 6.09. The van der Waals surface area contributed by atoms with E-state index in [0.717, 1.165) is 65.4 Å². The van der Waals surface area contributed by atoms with Crippen molar-refractivity contribution < 1.29 is 8.83 Å². The van der Waals surface area contributed by atoms with Crippen molar-refractivity contribution in [2.24, 2.45) is 0 Å². The van der Waals surface area contributed by atoms with Gasteiger partial charge in [-0.05, 0) is 96.0 Å². The Morgan fingerprint density at radius 3 is 1.22 bits per heavy atom. The van der Waals surface area contributed by atoms with Crippen LogP contribution in [0.2, 0.25) is 0 Å². The maximum atomic E-state index is 6.67. The van der Waals surface area contributed by atoms with Gasteiger partial charge < -0.3 is 8.83 Å². The van der Waals surface area contributed by atoms with Gasteiger partial charge in [0.25, 0.3) is 0 Å². The van der Waals surface area contributed by atoms with E-state index < -0.39 is 0 Å². The highest BCUT2D eigenvalue weighted by molar-refractivity contribution is 6.27. The minimum absolute atomic E-state index is 0.899. The summed E-state index contributed by atoms with van der Waals surface area (Å²) in [5.41, 5.74) is 10.8. The van der Waals surface area contributed by atoms with Gasteiger partial charge >= 0.3 is 0 Å². The van der Waals surface area contributed by atoms with Gasteiger partial charge in [0.1, 0.15) is 22.3 Å². The molecule has 2 heterocycles. The van der Waals surface area contributed by atoms with Crippen LogP contribution in [0, 0.1) is 0 Å². The molecule has 0 aliphatic heterocycles. The molecule has 2 aromatic heterocycles. The van der Waals surface area contributed by atoms with Crippen LogP contribution in [0.5, 0.6) is 0 Å². The molecule has 10 aromatic carbocycles. The first-order valence-corrected chi connectivity index (χ1v) is 18.5. The summed E-state index contributed by atoms with van der Waals surface area (Å²) in [5.74, 6) is 0. The van der Waals surface area contributed by atoms with E-state index in [-0.39, 0.29) is 0 Å². The maximum Gasteiger partial charge on any atom is 0.143 e. The molecule has 0 saturated carbocycles. The van der Waals surface area contributed by atoms with Gasteiger partial charge in [-0.3, -0.25) is 0 Å². The highest BCUT2D eigenvalue weighted by Crippen LogP contribution is 2.49. The third kappa shape index (κ3) is 4.11. The largest absolute Gasteiger partial charge is 0.455 e. The molecule has 2 heteroatoms. The van der Waals surface area contributed by atoms with E-state index in [1.165, 1.54) is 54.9 Å². The number of para-hydroxylation sites is 2. The predicted molar refractivity (Wildman–Crippen MR) is 227 cm³/mol. The topological polar surface area (TPSA) is 26.3 Å². The molecule has 54 heavy (non-hydrogen) atoms. The Labute approximate surface area is 310 Å². The summed E-state index contributed by atoms with van der Waals surface area (Å²) in [6, 6.07) is 65.6. The minimum atomic E-state index is 0.899. The zero-order valence-corrected chi connectivity index (χ0v) is 29.1. The lowest BCUT2D eigenvalue weighted by Gasteiger charge is -2.18. The van der Waals surface area contributed by atoms with E-state index in [4.69, 9.17) is 8.83 Å². The summed E-state index contributed by atoms with van der Waals surface area (Å²) in [6.45, 7) is 0. The molecule has 0 saturated heterocycles. The molecule has 0 N–H and O–H groups in total. The highest BCUT2D eigenvalue weighted by atomic mass is 16.3. The van der Waals surface area contributed by atoms with Gasteiger partial charge in [0.15, 0.2) is 0 Å². The van der Waals surface area contributed by atoms with Crippen LogP contribution < -0.4 is 0 Å². The van der Waals surface area contributed by atoms with Gasteiger partial charge in [-0.25, -0.2) is 0 Å². The molecular formula is C52H30O2. The molecule has 250 valence electrons. The summed E-state index contributed by atoms with van der Waals surface area (Å²) in [4.78, 5) is 0. The lowest BCUT2D eigenvalue weighted by atomic mass is 9.84. The molecule has 0 aliphatic rings. The molecule has 12 aromatic rings. The minimum Gasteiger partial charge on any atom is -0.455 e. The van der Waals surface area contributed by atoms with Crippen molar-refractivity contribution in [2.75, 3.05) is 0 Å². The van der Waals surface area contributed by atoms with Crippen LogP contribution >= 0.6 is 0 Å².